The van der Waals surface area contributed by atoms with E-state index in [4.69, 9.17) is 0 Å². The van der Waals surface area contributed by atoms with Crippen LogP contribution in [-0.2, 0) is 17.9 Å². The number of fused-ring (bicyclic) bond motifs is 9. The van der Waals surface area contributed by atoms with Gasteiger partial charge in [0, 0.05) is 60.0 Å². The topological polar surface area (TPSA) is 14.8 Å². The van der Waals surface area contributed by atoms with Gasteiger partial charge in [-0.05, 0) is 144 Å². The molecule has 3 heterocycles. The van der Waals surface area contributed by atoms with Crippen molar-refractivity contribution in [2.24, 2.45) is 0 Å². The van der Waals surface area contributed by atoms with Crippen molar-refractivity contribution in [1.82, 2.24) is 13.7 Å². The monoisotopic (exact) mass is 959 g/mol. The predicted molar refractivity (Wildman–Crippen MR) is 283 cm³/mol. The molecule has 9 heteroatoms. The van der Waals surface area contributed by atoms with Crippen LogP contribution in [0.2, 0.25) is 0 Å². The van der Waals surface area contributed by atoms with Crippen LogP contribution in [0.15, 0.2) is 176 Å². The molecular weight excluding hydrogens is 913 g/mol. The van der Waals surface area contributed by atoms with Crippen LogP contribution in [0, 0.1) is 27.7 Å². The Morgan fingerprint density at radius 2 is 0.681 bits per heavy atom. The molecule has 12 rings (SSSR count). The fourth-order valence-electron chi connectivity index (χ4n) is 11.5. The third-order valence-electron chi connectivity index (χ3n) is 14.6. The van der Waals surface area contributed by atoms with Crippen LogP contribution in [-0.4, -0.2) is 13.7 Å². The second-order valence-electron chi connectivity index (χ2n) is 19.9. The molecule has 0 saturated heterocycles. The molecule has 0 aliphatic heterocycles. The highest BCUT2D eigenvalue weighted by Gasteiger charge is 2.39. The number of alkyl halides is 6. The maximum absolute atomic E-state index is 15.1. The van der Waals surface area contributed by atoms with Gasteiger partial charge in [-0.3, -0.25) is 0 Å². The fraction of sp³-hybridized carbons (Fsp3) is 0.143. The Bertz CT molecular complexity index is 3840. The average molecular weight is 960 g/mol. The lowest BCUT2D eigenvalue weighted by atomic mass is 9.82. The Morgan fingerprint density at radius 1 is 0.333 bits per heavy atom. The van der Waals surface area contributed by atoms with Crippen molar-refractivity contribution in [1.29, 1.82) is 0 Å². The van der Waals surface area contributed by atoms with Crippen LogP contribution >= 0.6 is 0 Å². The zero-order chi connectivity index (χ0) is 50.2. The number of halogens is 6. The number of hydrogen-bond donors (Lipinski definition) is 0. The molecule has 0 unspecified atom stereocenters. The van der Waals surface area contributed by atoms with Crippen LogP contribution in [0.1, 0.15) is 52.8 Å². The molecule has 0 amide bonds. The summed E-state index contributed by atoms with van der Waals surface area (Å²) in [7, 11) is 0. The molecule has 12 aromatic rings. The van der Waals surface area contributed by atoms with Gasteiger partial charge in [0.05, 0.1) is 50.1 Å². The van der Waals surface area contributed by atoms with Crippen molar-refractivity contribution in [2.75, 3.05) is 0 Å². The van der Waals surface area contributed by atoms with E-state index in [0.717, 1.165) is 99.8 Å². The zero-order valence-corrected chi connectivity index (χ0v) is 40.4. The van der Waals surface area contributed by atoms with Crippen LogP contribution in [0.3, 0.4) is 0 Å². The van der Waals surface area contributed by atoms with E-state index in [-0.39, 0.29) is 11.1 Å². The second kappa shape index (κ2) is 16.0. The van der Waals surface area contributed by atoms with E-state index in [1.807, 2.05) is 82.3 Å². The fourth-order valence-corrected chi connectivity index (χ4v) is 11.5. The molecule has 0 spiro atoms. The van der Waals surface area contributed by atoms with Gasteiger partial charge in [0.1, 0.15) is 0 Å². The summed E-state index contributed by atoms with van der Waals surface area (Å²) in [5, 5.41) is 5.82. The van der Waals surface area contributed by atoms with Gasteiger partial charge in [0.2, 0.25) is 0 Å². The Kier molecular flexibility index (Phi) is 10.0. The summed E-state index contributed by atoms with van der Waals surface area (Å²) in [4.78, 5) is 0. The van der Waals surface area contributed by atoms with Crippen LogP contribution in [0.4, 0.5) is 26.3 Å². The van der Waals surface area contributed by atoms with Gasteiger partial charge in [-0.1, -0.05) is 107 Å². The molecule has 0 saturated carbocycles. The minimum absolute atomic E-state index is 0.251. The highest BCUT2D eigenvalue weighted by atomic mass is 19.4. The average Bonchev–Trinajstić information content (AvgIpc) is 3.97. The first-order valence-corrected chi connectivity index (χ1v) is 24.0. The summed E-state index contributed by atoms with van der Waals surface area (Å²) in [6.07, 6.45) is -9.40. The van der Waals surface area contributed by atoms with Gasteiger partial charge in [-0.15, -0.1) is 0 Å². The molecule has 0 aliphatic carbocycles. The molecule has 0 aliphatic rings. The van der Waals surface area contributed by atoms with Gasteiger partial charge in [-0.25, -0.2) is 0 Å². The summed E-state index contributed by atoms with van der Waals surface area (Å²) in [5.74, 6) is 0. The summed E-state index contributed by atoms with van der Waals surface area (Å²) < 4.78 is 97.2. The third-order valence-corrected chi connectivity index (χ3v) is 14.6. The smallest absolute Gasteiger partial charge is 0.330 e. The first kappa shape index (κ1) is 45.1. The van der Waals surface area contributed by atoms with E-state index >= 15 is 26.3 Å². The van der Waals surface area contributed by atoms with Gasteiger partial charge in [-0.2, -0.15) is 26.3 Å². The third kappa shape index (κ3) is 6.95. The number of rotatable bonds is 6. The number of benzene rings is 9. The maximum atomic E-state index is 15.1. The number of hydrogen-bond acceptors (Lipinski definition) is 0. The quantitative estimate of drug-likeness (QED) is 0.148. The molecular formula is C63H47F6N3. The van der Waals surface area contributed by atoms with Crippen molar-refractivity contribution in [3.8, 4) is 33.6 Å². The largest absolute Gasteiger partial charge is 0.416 e. The highest BCUT2D eigenvalue weighted by Crippen LogP contribution is 2.52. The van der Waals surface area contributed by atoms with Crippen LogP contribution in [0.25, 0.3) is 99.0 Å². The Labute approximate surface area is 411 Å². The van der Waals surface area contributed by atoms with Crippen molar-refractivity contribution >= 4 is 65.4 Å². The SMILES string of the molecule is Cc1ccc2c(c1)c1cc(C)ccc1n2-c1c(-c2cccc(C(F)(F)F)c2)cc(-c2cccc(C(F)(F)F)c2)c(-n2c3ccc(C)cc3c3cc(C)ccc32)c1C(C)(C)n1c2ccccc2c2ccccc21. The molecule has 72 heavy (non-hydrogen) atoms. The summed E-state index contributed by atoms with van der Waals surface area (Å²) >= 11 is 0. The van der Waals surface area contributed by atoms with E-state index in [9.17, 15) is 0 Å². The first-order chi connectivity index (χ1) is 34.4. The van der Waals surface area contributed by atoms with Crippen molar-refractivity contribution in [2.45, 2.75) is 59.4 Å². The van der Waals surface area contributed by atoms with Crippen molar-refractivity contribution < 1.29 is 26.3 Å². The lowest BCUT2D eigenvalue weighted by Gasteiger charge is -2.37. The molecule has 9 aromatic carbocycles. The number of nitrogens with zero attached hydrogens (tertiary/aromatic N) is 3. The summed E-state index contributed by atoms with van der Waals surface area (Å²) in [6.45, 7) is 12.4. The lowest BCUT2D eigenvalue weighted by molar-refractivity contribution is -0.138. The Hall–Kier alpha value is -8.04. The summed E-state index contributed by atoms with van der Waals surface area (Å²) in [5.41, 5.74) is 9.56. The molecule has 3 aromatic heterocycles. The maximum Gasteiger partial charge on any atom is 0.416 e. The van der Waals surface area contributed by atoms with Gasteiger partial charge >= 0.3 is 12.4 Å². The standard InChI is InChI=1S/C63H47F6N3/c1-36-21-25-52-48(29-36)49-30-37(2)22-26-53(49)70(52)59-46(40-13-11-15-42(33-40)62(64,65)66)35-47(41-14-12-16-43(34-41)63(67,68)69)60(71-54-27-23-38(3)31-50(54)51-32-39(4)24-28-55(51)71)58(59)61(5,6)72-56-19-9-7-17-44(56)45-18-8-10-20-57(45)72/h7-35H,1-6H3. The minimum atomic E-state index is -4.70. The second-order valence-corrected chi connectivity index (χ2v) is 19.9. The number of aromatic nitrogens is 3. The minimum Gasteiger partial charge on any atom is -0.330 e. The normalized spacial score (nSPS) is 12.7. The van der Waals surface area contributed by atoms with Gasteiger partial charge in [0.15, 0.2) is 0 Å². The lowest BCUT2D eigenvalue weighted by Crippen LogP contribution is -2.31. The molecule has 0 radical (unpaired) electrons. The molecule has 0 atom stereocenters. The van der Waals surface area contributed by atoms with E-state index in [1.165, 1.54) is 24.3 Å². The van der Waals surface area contributed by atoms with E-state index < -0.39 is 29.0 Å². The van der Waals surface area contributed by atoms with E-state index in [2.05, 4.69) is 100 Å². The number of aryl methyl sites for hydroxylation is 4. The van der Waals surface area contributed by atoms with Crippen molar-refractivity contribution in [3.63, 3.8) is 0 Å². The Morgan fingerprint density at radius 3 is 1.03 bits per heavy atom. The van der Waals surface area contributed by atoms with Crippen molar-refractivity contribution in [3.05, 3.63) is 215 Å². The van der Waals surface area contributed by atoms with E-state index in [0.29, 0.717) is 28.1 Å². The molecule has 0 N–H and O–H groups in total. The molecule has 3 nitrogen and oxygen atoms in total. The Balaban J connectivity index is 1.42. The molecule has 0 bridgehead atoms. The number of para-hydroxylation sites is 2. The zero-order valence-electron chi connectivity index (χ0n) is 40.4. The molecule has 0 fully saturated rings. The van der Waals surface area contributed by atoms with E-state index in [1.54, 1.807) is 12.1 Å². The summed E-state index contributed by atoms with van der Waals surface area (Å²) in [6, 6.07) is 53.8. The van der Waals surface area contributed by atoms with Gasteiger partial charge < -0.3 is 13.7 Å². The predicted octanol–water partition coefficient (Wildman–Crippen LogP) is 18.4. The van der Waals surface area contributed by atoms with Crippen LogP contribution < -0.4 is 0 Å². The highest BCUT2D eigenvalue weighted by molar-refractivity contribution is 6.14. The van der Waals surface area contributed by atoms with Gasteiger partial charge in [0.25, 0.3) is 0 Å². The molecule has 356 valence electrons. The first-order valence-electron chi connectivity index (χ1n) is 24.0. The van der Waals surface area contributed by atoms with Crippen LogP contribution in [0.5, 0.6) is 0 Å².